The van der Waals surface area contributed by atoms with Crippen LogP contribution in [0.25, 0.3) is 0 Å². The number of fused-ring (bicyclic) bond motifs is 3. The van der Waals surface area contributed by atoms with Gasteiger partial charge < -0.3 is 19.9 Å². The number of ether oxygens (including phenoxy) is 1. The summed E-state index contributed by atoms with van der Waals surface area (Å²) in [5.74, 6) is 0.764. The molecule has 3 unspecified atom stereocenters. The maximum atomic E-state index is 12.7. The van der Waals surface area contributed by atoms with Crippen molar-refractivity contribution in [1.29, 1.82) is 0 Å². The Morgan fingerprint density at radius 2 is 2.04 bits per heavy atom. The molecule has 0 saturated carbocycles. The second-order valence-corrected chi connectivity index (χ2v) is 7.23. The van der Waals surface area contributed by atoms with Crippen molar-refractivity contribution < 1.29 is 14.3 Å². The fraction of sp³-hybridized carbons (Fsp3) is 0.579. The Morgan fingerprint density at radius 3 is 2.92 bits per heavy atom. The first-order valence-electron chi connectivity index (χ1n) is 9.22. The second kappa shape index (κ2) is 6.67. The molecule has 3 aliphatic heterocycles. The van der Waals surface area contributed by atoms with Crippen LogP contribution in [-0.2, 0) is 9.59 Å². The van der Waals surface area contributed by atoms with Crippen LogP contribution in [0.15, 0.2) is 24.3 Å². The SMILES string of the molecule is CC1Oc2ccccc2N(CCC(=O)N2CCC3CCC(C2)N3)C1=O. The molecule has 1 N–H and O–H groups in total. The van der Waals surface area contributed by atoms with Crippen LogP contribution in [-0.4, -0.2) is 54.5 Å². The number of nitrogens with zero attached hydrogens (tertiary/aromatic N) is 2. The quantitative estimate of drug-likeness (QED) is 0.904. The van der Waals surface area contributed by atoms with Gasteiger partial charge in [0.15, 0.2) is 6.10 Å². The summed E-state index contributed by atoms with van der Waals surface area (Å²) in [7, 11) is 0. The van der Waals surface area contributed by atoms with E-state index in [1.165, 1.54) is 6.42 Å². The number of amides is 2. The van der Waals surface area contributed by atoms with E-state index in [0.717, 1.165) is 31.6 Å². The average molecular weight is 343 g/mol. The molecule has 3 aliphatic rings. The van der Waals surface area contributed by atoms with Gasteiger partial charge in [-0.3, -0.25) is 9.59 Å². The Morgan fingerprint density at radius 1 is 1.24 bits per heavy atom. The summed E-state index contributed by atoms with van der Waals surface area (Å²) >= 11 is 0. The standard InChI is InChI=1S/C19H25N3O3/c1-13-19(24)22(16-4-2-3-5-17(16)25-13)11-9-18(23)21-10-8-14-6-7-15(12-21)20-14/h2-5,13-15,20H,6-12H2,1H3. The van der Waals surface area contributed by atoms with Crippen LogP contribution in [0.4, 0.5) is 5.69 Å². The third-order valence-corrected chi connectivity index (χ3v) is 5.50. The maximum Gasteiger partial charge on any atom is 0.267 e. The molecule has 6 heteroatoms. The van der Waals surface area contributed by atoms with Gasteiger partial charge in [0.25, 0.3) is 5.91 Å². The smallest absolute Gasteiger partial charge is 0.267 e. The molecule has 0 aromatic heterocycles. The van der Waals surface area contributed by atoms with Gasteiger partial charge in [0, 0.05) is 38.1 Å². The van der Waals surface area contributed by atoms with Gasteiger partial charge in [0.2, 0.25) is 5.91 Å². The lowest BCUT2D eigenvalue weighted by Crippen LogP contribution is -2.46. The van der Waals surface area contributed by atoms with E-state index in [2.05, 4.69) is 5.32 Å². The van der Waals surface area contributed by atoms with Gasteiger partial charge in [-0.2, -0.15) is 0 Å². The third-order valence-electron chi connectivity index (χ3n) is 5.50. The van der Waals surface area contributed by atoms with E-state index in [9.17, 15) is 9.59 Å². The molecule has 3 atom stereocenters. The summed E-state index contributed by atoms with van der Waals surface area (Å²) < 4.78 is 5.65. The van der Waals surface area contributed by atoms with Crippen molar-refractivity contribution in [2.24, 2.45) is 0 Å². The van der Waals surface area contributed by atoms with Gasteiger partial charge in [-0.1, -0.05) is 12.1 Å². The topological polar surface area (TPSA) is 61.9 Å². The molecular weight excluding hydrogens is 318 g/mol. The molecule has 2 fully saturated rings. The number of rotatable bonds is 3. The van der Waals surface area contributed by atoms with Crippen molar-refractivity contribution in [2.45, 2.75) is 50.8 Å². The number of anilines is 1. The molecule has 6 nitrogen and oxygen atoms in total. The zero-order chi connectivity index (χ0) is 17.4. The molecule has 1 aromatic carbocycles. The van der Waals surface area contributed by atoms with E-state index in [1.807, 2.05) is 29.2 Å². The number of para-hydroxylation sites is 2. The lowest BCUT2D eigenvalue weighted by molar-refractivity contribution is -0.131. The number of nitrogens with one attached hydrogen (secondary N) is 1. The maximum absolute atomic E-state index is 12.7. The van der Waals surface area contributed by atoms with Crippen molar-refractivity contribution >= 4 is 17.5 Å². The number of likely N-dealkylation sites (tertiary alicyclic amines) is 1. The predicted molar refractivity (Wildman–Crippen MR) is 94.6 cm³/mol. The monoisotopic (exact) mass is 343 g/mol. The molecule has 2 amide bonds. The van der Waals surface area contributed by atoms with Crippen molar-refractivity contribution in [3.05, 3.63) is 24.3 Å². The molecule has 2 saturated heterocycles. The minimum Gasteiger partial charge on any atom is -0.479 e. The van der Waals surface area contributed by atoms with E-state index in [0.29, 0.717) is 30.8 Å². The zero-order valence-corrected chi connectivity index (χ0v) is 14.6. The Balaban J connectivity index is 1.42. The number of carbonyl (C=O) groups is 2. The Bertz CT molecular complexity index is 678. The molecule has 1 aromatic rings. The minimum atomic E-state index is -0.511. The fourth-order valence-corrected chi connectivity index (χ4v) is 4.12. The second-order valence-electron chi connectivity index (χ2n) is 7.23. The van der Waals surface area contributed by atoms with Crippen LogP contribution in [0, 0.1) is 0 Å². The van der Waals surface area contributed by atoms with Gasteiger partial charge in [-0.05, 0) is 38.3 Å². The summed E-state index contributed by atoms with van der Waals surface area (Å²) in [6.07, 6.45) is 3.25. The van der Waals surface area contributed by atoms with E-state index >= 15 is 0 Å². The van der Waals surface area contributed by atoms with E-state index < -0.39 is 6.10 Å². The molecule has 2 bridgehead atoms. The highest BCUT2D eigenvalue weighted by molar-refractivity contribution is 6.00. The van der Waals surface area contributed by atoms with Crippen LogP contribution in [0.2, 0.25) is 0 Å². The summed E-state index contributed by atoms with van der Waals surface area (Å²) in [5.41, 5.74) is 0.759. The van der Waals surface area contributed by atoms with Crippen LogP contribution in [0.5, 0.6) is 5.75 Å². The lowest BCUT2D eigenvalue weighted by Gasteiger charge is -2.33. The molecule has 0 spiro atoms. The van der Waals surface area contributed by atoms with Crippen LogP contribution >= 0.6 is 0 Å². The predicted octanol–water partition coefficient (Wildman–Crippen LogP) is 1.54. The highest BCUT2D eigenvalue weighted by atomic mass is 16.5. The first kappa shape index (κ1) is 16.4. The first-order chi connectivity index (χ1) is 12.1. The summed E-state index contributed by atoms with van der Waals surface area (Å²) in [4.78, 5) is 28.9. The van der Waals surface area contributed by atoms with Gasteiger partial charge in [-0.25, -0.2) is 0 Å². The lowest BCUT2D eigenvalue weighted by atomic mass is 10.1. The number of hydrogen-bond acceptors (Lipinski definition) is 4. The summed E-state index contributed by atoms with van der Waals surface area (Å²) in [5, 5.41) is 3.59. The van der Waals surface area contributed by atoms with Gasteiger partial charge in [0.1, 0.15) is 5.75 Å². The van der Waals surface area contributed by atoms with E-state index in [4.69, 9.17) is 4.74 Å². The van der Waals surface area contributed by atoms with Gasteiger partial charge >= 0.3 is 0 Å². The van der Waals surface area contributed by atoms with Crippen molar-refractivity contribution in [3.63, 3.8) is 0 Å². The normalized spacial score (nSPS) is 28.4. The van der Waals surface area contributed by atoms with Gasteiger partial charge in [0.05, 0.1) is 5.69 Å². The van der Waals surface area contributed by atoms with Crippen LogP contribution in [0.3, 0.4) is 0 Å². The Labute approximate surface area is 148 Å². The first-order valence-corrected chi connectivity index (χ1v) is 9.22. The zero-order valence-electron chi connectivity index (χ0n) is 14.6. The summed E-state index contributed by atoms with van der Waals surface area (Å²) in [6.45, 7) is 3.77. The molecule has 3 heterocycles. The number of benzene rings is 1. The van der Waals surface area contributed by atoms with Gasteiger partial charge in [-0.15, -0.1) is 0 Å². The Hall–Kier alpha value is -2.08. The molecule has 134 valence electrons. The van der Waals surface area contributed by atoms with Crippen LogP contribution < -0.4 is 15.0 Å². The fourth-order valence-electron chi connectivity index (χ4n) is 4.12. The molecule has 0 aliphatic carbocycles. The molecule has 0 radical (unpaired) electrons. The van der Waals surface area contributed by atoms with Crippen molar-refractivity contribution in [3.8, 4) is 5.75 Å². The van der Waals surface area contributed by atoms with Crippen molar-refractivity contribution in [2.75, 3.05) is 24.5 Å². The summed E-state index contributed by atoms with van der Waals surface area (Å²) in [6, 6.07) is 8.52. The van der Waals surface area contributed by atoms with Crippen LogP contribution in [0.1, 0.15) is 32.6 Å². The minimum absolute atomic E-state index is 0.0805. The van der Waals surface area contributed by atoms with E-state index in [-0.39, 0.29) is 11.8 Å². The highest BCUT2D eigenvalue weighted by Gasteiger charge is 2.33. The largest absolute Gasteiger partial charge is 0.479 e. The third kappa shape index (κ3) is 3.23. The number of carbonyl (C=O) groups excluding carboxylic acids is 2. The number of hydrogen-bond donors (Lipinski definition) is 1. The molecule has 25 heavy (non-hydrogen) atoms. The average Bonchev–Trinajstić information content (AvgIpc) is 2.94. The highest BCUT2D eigenvalue weighted by Crippen LogP contribution is 2.33. The molecular formula is C19H25N3O3. The van der Waals surface area contributed by atoms with E-state index in [1.54, 1.807) is 11.8 Å². The Kier molecular flexibility index (Phi) is 4.37. The molecule has 4 rings (SSSR count). The van der Waals surface area contributed by atoms with Crippen molar-refractivity contribution in [1.82, 2.24) is 10.2 Å².